The van der Waals surface area contributed by atoms with Crippen LogP contribution in [0.1, 0.15) is 25.3 Å². The fourth-order valence-corrected chi connectivity index (χ4v) is 2.71. The SMILES string of the molecule is CC(N)(C(=O)NCC1CCCNC1)c1ccc(Br)cc1. The van der Waals surface area contributed by atoms with Crippen molar-refractivity contribution in [3.05, 3.63) is 34.3 Å². The van der Waals surface area contributed by atoms with E-state index in [2.05, 4.69) is 26.6 Å². The summed E-state index contributed by atoms with van der Waals surface area (Å²) in [5.74, 6) is 0.388. The Morgan fingerprint density at radius 3 is 2.80 bits per heavy atom. The molecule has 1 saturated heterocycles. The van der Waals surface area contributed by atoms with Crippen molar-refractivity contribution in [3.8, 4) is 0 Å². The number of halogens is 1. The molecule has 1 aromatic rings. The molecule has 1 amide bonds. The summed E-state index contributed by atoms with van der Waals surface area (Å²) < 4.78 is 0.978. The minimum absolute atomic E-state index is 0.120. The van der Waals surface area contributed by atoms with E-state index < -0.39 is 5.54 Å². The Morgan fingerprint density at radius 2 is 2.20 bits per heavy atom. The van der Waals surface area contributed by atoms with E-state index in [0.717, 1.165) is 29.5 Å². The fourth-order valence-electron chi connectivity index (χ4n) is 2.45. The smallest absolute Gasteiger partial charge is 0.244 e. The Labute approximate surface area is 128 Å². The molecule has 2 unspecified atom stereocenters. The lowest BCUT2D eigenvalue weighted by molar-refractivity contribution is -0.126. The molecule has 4 N–H and O–H groups in total. The van der Waals surface area contributed by atoms with E-state index in [-0.39, 0.29) is 5.91 Å². The summed E-state index contributed by atoms with van der Waals surface area (Å²) in [6, 6.07) is 7.56. The van der Waals surface area contributed by atoms with Gasteiger partial charge >= 0.3 is 0 Å². The average Bonchev–Trinajstić information content (AvgIpc) is 2.46. The molecule has 0 aliphatic carbocycles. The second-order valence-electron chi connectivity index (χ2n) is 5.63. The molecule has 0 saturated carbocycles. The Hall–Kier alpha value is -0.910. The van der Waals surface area contributed by atoms with Crippen molar-refractivity contribution in [2.45, 2.75) is 25.3 Å². The van der Waals surface area contributed by atoms with Crippen molar-refractivity contribution in [1.82, 2.24) is 10.6 Å². The second-order valence-corrected chi connectivity index (χ2v) is 6.55. The van der Waals surface area contributed by atoms with Gasteiger partial charge in [0.2, 0.25) is 5.91 Å². The lowest BCUT2D eigenvalue weighted by Crippen LogP contribution is -2.50. The van der Waals surface area contributed by atoms with E-state index in [1.807, 2.05) is 24.3 Å². The first kappa shape index (κ1) is 15.5. The summed E-state index contributed by atoms with van der Waals surface area (Å²) in [7, 11) is 0. The Morgan fingerprint density at radius 1 is 1.50 bits per heavy atom. The van der Waals surface area contributed by atoms with Gasteiger partial charge in [-0.2, -0.15) is 0 Å². The van der Waals surface area contributed by atoms with Crippen LogP contribution in [0.2, 0.25) is 0 Å². The number of carbonyl (C=O) groups excluding carboxylic acids is 1. The molecule has 0 bridgehead atoms. The van der Waals surface area contributed by atoms with Gasteiger partial charge in [-0.25, -0.2) is 0 Å². The van der Waals surface area contributed by atoms with Crippen molar-refractivity contribution >= 4 is 21.8 Å². The standard InChI is InChI=1S/C15H22BrN3O/c1-15(17,12-4-6-13(16)7-5-12)14(20)19-10-11-3-2-8-18-9-11/h4-7,11,18H,2-3,8-10,17H2,1H3,(H,19,20). The van der Waals surface area contributed by atoms with Gasteiger partial charge in [0.15, 0.2) is 0 Å². The predicted molar refractivity (Wildman–Crippen MR) is 84.3 cm³/mol. The number of hydrogen-bond acceptors (Lipinski definition) is 3. The van der Waals surface area contributed by atoms with E-state index in [4.69, 9.17) is 5.73 Å². The van der Waals surface area contributed by atoms with Crippen LogP contribution in [-0.2, 0) is 10.3 Å². The van der Waals surface area contributed by atoms with Gasteiger partial charge in [0.1, 0.15) is 5.54 Å². The minimum atomic E-state index is -0.997. The molecule has 110 valence electrons. The monoisotopic (exact) mass is 339 g/mol. The summed E-state index contributed by atoms with van der Waals surface area (Å²) in [5.41, 5.74) is 6.03. The van der Waals surface area contributed by atoms with Gasteiger partial charge < -0.3 is 16.4 Å². The zero-order valence-corrected chi connectivity index (χ0v) is 13.4. The maximum Gasteiger partial charge on any atom is 0.244 e. The summed E-state index contributed by atoms with van der Waals surface area (Å²) in [5, 5.41) is 6.34. The van der Waals surface area contributed by atoms with Crippen LogP contribution in [0, 0.1) is 5.92 Å². The Kier molecular flexibility index (Phi) is 5.18. The van der Waals surface area contributed by atoms with Crippen LogP contribution in [0.3, 0.4) is 0 Å². The van der Waals surface area contributed by atoms with Crippen LogP contribution in [0.4, 0.5) is 0 Å². The number of nitrogens with two attached hydrogens (primary N) is 1. The fraction of sp³-hybridized carbons (Fsp3) is 0.533. The van der Waals surface area contributed by atoms with Gasteiger partial charge in [0, 0.05) is 11.0 Å². The van der Waals surface area contributed by atoms with E-state index in [1.165, 1.54) is 6.42 Å². The summed E-state index contributed by atoms with van der Waals surface area (Å²) in [4.78, 5) is 12.3. The lowest BCUT2D eigenvalue weighted by Gasteiger charge is -2.27. The third-order valence-electron chi connectivity index (χ3n) is 3.87. The van der Waals surface area contributed by atoms with E-state index in [9.17, 15) is 4.79 Å². The number of piperidine rings is 1. The molecule has 2 atom stereocenters. The number of amides is 1. The highest BCUT2D eigenvalue weighted by Crippen LogP contribution is 2.21. The number of rotatable bonds is 4. The minimum Gasteiger partial charge on any atom is -0.354 e. The zero-order valence-electron chi connectivity index (χ0n) is 11.8. The Bertz CT molecular complexity index is 453. The summed E-state index contributed by atoms with van der Waals surface area (Å²) in [6.45, 7) is 4.50. The molecule has 1 heterocycles. The molecular formula is C15H22BrN3O. The van der Waals surface area contributed by atoms with Crippen molar-refractivity contribution in [1.29, 1.82) is 0 Å². The normalized spacial score (nSPS) is 22.1. The molecular weight excluding hydrogens is 318 g/mol. The first-order chi connectivity index (χ1) is 9.50. The molecule has 4 nitrogen and oxygen atoms in total. The first-order valence-electron chi connectivity index (χ1n) is 7.04. The number of carbonyl (C=O) groups is 1. The molecule has 0 aromatic heterocycles. The zero-order chi connectivity index (χ0) is 14.6. The summed E-state index contributed by atoms with van der Waals surface area (Å²) >= 11 is 3.38. The van der Waals surface area contributed by atoms with Crippen LogP contribution in [0.25, 0.3) is 0 Å². The second kappa shape index (κ2) is 6.70. The van der Waals surface area contributed by atoms with Gasteiger partial charge in [-0.3, -0.25) is 4.79 Å². The van der Waals surface area contributed by atoms with E-state index in [1.54, 1.807) is 6.92 Å². The molecule has 20 heavy (non-hydrogen) atoms. The van der Waals surface area contributed by atoms with Crippen molar-refractivity contribution in [3.63, 3.8) is 0 Å². The molecule has 2 rings (SSSR count). The van der Waals surface area contributed by atoms with Gasteiger partial charge in [0.05, 0.1) is 0 Å². The molecule has 1 aromatic carbocycles. The average molecular weight is 340 g/mol. The number of nitrogens with one attached hydrogen (secondary N) is 2. The maximum atomic E-state index is 12.3. The third kappa shape index (κ3) is 3.81. The molecule has 1 fully saturated rings. The van der Waals surface area contributed by atoms with Crippen molar-refractivity contribution in [2.24, 2.45) is 11.7 Å². The maximum absolute atomic E-state index is 12.3. The van der Waals surface area contributed by atoms with Crippen LogP contribution < -0.4 is 16.4 Å². The van der Waals surface area contributed by atoms with E-state index >= 15 is 0 Å². The van der Waals surface area contributed by atoms with Crippen LogP contribution in [-0.4, -0.2) is 25.5 Å². The largest absolute Gasteiger partial charge is 0.354 e. The van der Waals surface area contributed by atoms with Gasteiger partial charge in [0.25, 0.3) is 0 Å². The Balaban J connectivity index is 1.94. The highest BCUT2D eigenvalue weighted by atomic mass is 79.9. The third-order valence-corrected chi connectivity index (χ3v) is 4.39. The van der Waals surface area contributed by atoms with E-state index in [0.29, 0.717) is 12.5 Å². The van der Waals surface area contributed by atoms with Crippen LogP contribution in [0.15, 0.2) is 28.7 Å². The number of hydrogen-bond donors (Lipinski definition) is 3. The van der Waals surface area contributed by atoms with Gasteiger partial charge in [-0.05, 0) is 56.5 Å². The lowest BCUT2D eigenvalue weighted by atomic mass is 9.91. The van der Waals surface area contributed by atoms with Crippen LogP contribution >= 0.6 is 15.9 Å². The molecule has 5 heteroatoms. The molecule has 0 spiro atoms. The summed E-state index contributed by atoms with van der Waals surface area (Å²) in [6.07, 6.45) is 2.33. The quantitative estimate of drug-likeness (QED) is 0.782. The van der Waals surface area contributed by atoms with Gasteiger partial charge in [-0.15, -0.1) is 0 Å². The number of benzene rings is 1. The first-order valence-corrected chi connectivity index (χ1v) is 7.83. The van der Waals surface area contributed by atoms with Crippen LogP contribution in [0.5, 0.6) is 0 Å². The molecule has 1 aliphatic rings. The van der Waals surface area contributed by atoms with Crippen molar-refractivity contribution in [2.75, 3.05) is 19.6 Å². The topological polar surface area (TPSA) is 67.2 Å². The van der Waals surface area contributed by atoms with Crippen molar-refractivity contribution < 1.29 is 4.79 Å². The highest BCUT2D eigenvalue weighted by Gasteiger charge is 2.30. The predicted octanol–water partition coefficient (Wildman–Crippen LogP) is 1.74. The highest BCUT2D eigenvalue weighted by molar-refractivity contribution is 9.10. The molecule has 1 aliphatic heterocycles. The molecule has 0 radical (unpaired) electrons. The van der Waals surface area contributed by atoms with Gasteiger partial charge in [-0.1, -0.05) is 28.1 Å².